The van der Waals surface area contributed by atoms with Gasteiger partial charge in [0.1, 0.15) is 0 Å². The van der Waals surface area contributed by atoms with Crippen LogP contribution in [-0.2, 0) is 14.8 Å². The van der Waals surface area contributed by atoms with Crippen molar-refractivity contribution in [2.24, 2.45) is 11.3 Å². The number of hydrogen-bond acceptors (Lipinski definition) is 3. The Kier molecular flexibility index (Phi) is 7.68. The maximum atomic E-state index is 14.3. The third-order valence-electron chi connectivity index (χ3n) is 7.26. The molecule has 5 nitrogen and oxygen atoms in total. The fraction of sp³-hybridized carbons (Fsp3) is 0.444. The van der Waals surface area contributed by atoms with Gasteiger partial charge < -0.3 is 4.90 Å². The summed E-state index contributed by atoms with van der Waals surface area (Å²) < 4.78 is 26.7. The SMILES string of the molecule is C=CC[C@@]1(C)C[C@H](c2cccc(Cl)c2)[C@@H](c2ccc(Cl)cc2)N([C@@H](CNS(C)(=O)=O)C2CC2)C1=O. The van der Waals surface area contributed by atoms with E-state index in [1.165, 1.54) is 0 Å². The lowest BCUT2D eigenvalue weighted by molar-refractivity contribution is -0.155. The van der Waals surface area contributed by atoms with E-state index in [0.29, 0.717) is 22.9 Å². The van der Waals surface area contributed by atoms with Crippen LogP contribution >= 0.6 is 23.2 Å². The van der Waals surface area contributed by atoms with Crippen LogP contribution in [0.1, 0.15) is 55.7 Å². The zero-order valence-electron chi connectivity index (χ0n) is 20.1. The van der Waals surface area contributed by atoms with Gasteiger partial charge in [0.05, 0.1) is 17.7 Å². The van der Waals surface area contributed by atoms with Gasteiger partial charge in [-0.2, -0.15) is 0 Å². The molecule has 2 aliphatic rings. The molecule has 1 saturated carbocycles. The Labute approximate surface area is 218 Å². The lowest BCUT2D eigenvalue weighted by Gasteiger charge is -2.52. The van der Waals surface area contributed by atoms with Gasteiger partial charge in [0, 0.05) is 28.5 Å². The topological polar surface area (TPSA) is 66.5 Å². The van der Waals surface area contributed by atoms with Crippen molar-refractivity contribution < 1.29 is 13.2 Å². The van der Waals surface area contributed by atoms with Crippen molar-refractivity contribution in [3.8, 4) is 0 Å². The number of nitrogens with zero attached hydrogens (tertiary/aromatic N) is 1. The molecule has 1 aliphatic heterocycles. The van der Waals surface area contributed by atoms with E-state index in [1.54, 1.807) is 6.08 Å². The second-order valence-corrected chi connectivity index (χ2v) is 12.9. The van der Waals surface area contributed by atoms with E-state index < -0.39 is 15.4 Å². The van der Waals surface area contributed by atoms with Gasteiger partial charge in [0.15, 0.2) is 0 Å². The van der Waals surface area contributed by atoms with Crippen LogP contribution in [0.15, 0.2) is 61.2 Å². The first-order valence-electron chi connectivity index (χ1n) is 11.9. The Balaban J connectivity index is 1.88. The summed E-state index contributed by atoms with van der Waals surface area (Å²) in [5, 5.41) is 1.26. The largest absolute Gasteiger partial charge is 0.330 e. The van der Waals surface area contributed by atoms with Crippen LogP contribution in [-0.4, -0.2) is 38.1 Å². The summed E-state index contributed by atoms with van der Waals surface area (Å²) in [6, 6.07) is 14.9. The zero-order valence-corrected chi connectivity index (χ0v) is 22.4. The molecule has 188 valence electrons. The van der Waals surface area contributed by atoms with Gasteiger partial charge in [-0.3, -0.25) is 4.79 Å². The molecule has 1 amide bonds. The molecule has 35 heavy (non-hydrogen) atoms. The molecule has 2 aromatic rings. The van der Waals surface area contributed by atoms with Crippen molar-refractivity contribution >= 4 is 39.1 Å². The Morgan fingerprint density at radius 2 is 1.83 bits per heavy atom. The van der Waals surface area contributed by atoms with Gasteiger partial charge in [-0.05, 0) is 67.0 Å². The van der Waals surface area contributed by atoms with E-state index in [-0.39, 0.29) is 36.4 Å². The number of piperidine rings is 1. The summed E-state index contributed by atoms with van der Waals surface area (Å²) in [5.41, 5.74) is 1.35. The van der Waals surface area contributed by atoms with Crippen LogP contribution in [0, 0.1) is 11.3 Å². The molecule has 4 atom stereocenters. The number of allylic oxidation sites excluding steroid dienone is 1. The first-order chi connectivity index (χ1) is 16.5. The van der Waals surface area contributed by atoms with Crippen LogP contribution in [0.4, 0.5) is 0 Å². The average Bonchev–Trinajstić information content (AvgIpc) is 3.62. The molecule has 2 fully saturated rings. The summed E-state index contributed by atoms with van der Waals surface area (Å²) in [6.45, 7) is 6.10. The third-order valence-corrected chi connectivity index (χ3v) is 8.44. The van der Waals surface area contributed by atoms with Crippen molar-refractivity contribution in [2.45, 2.75) is 50.6 Å². The van der Waals surface area contributed by atoms with E-state index in [9.17, 15) is 13.2 Å². The minimum absolute atomic E-state index is 0.0304. The molecule has 0 aromatic heterocycles. The predicted octanol–water partition coefficient (Wildman–Crippen LogP) is 5.96. The zero-order chi connectivity index (χ0) is 25.4. The minimum atomic E-state index is -3.42. The molecule has 8 heteroatoms. The molecule has 0 bridgehead atoms. The van der Waals surface area contributed by atoms with E-state index in [2.05, 4.69) is 17.4 Å². The van der Waals surface area contributed by atoms with Gasteiger partial charge in [-0.1, -0.05) is 60.5 Å². The second kappa shape index (κ2) is 10.3. The first kappa shape index (κ1) is 26.2. The highest BCUT2D eigenvalue weighted by molar-refractivity contribution is 7.88. The number of amides is 1. The van der Waals surface area contributed by atoms with Crippen molar-refractivity contribution in [3.63, 3.8) is 0 Å². The maximum absolute atomic E-state index is 14.3. The van der Waals surface area contributed by atoms with Crippen molar-refractivity contribution in [3.05, 3.63) is 82.4 Å². The molecule has 1 saturated heterocycles. The van der Waals surface area contributed by atoms with Crippen LogP contribution in [0.3, 0.4) is 0 Å². The quantitative estimate of drug-likeness (QED) is 0.403. The van der Waals surface area contributed by atoms with Gasteiger partial charge in [0.2, 0.25) is 15.9 Å². The fourth-order valence-electron chi connectivity index (χ4n) is 5.46. The van der Waals surface area contributed by atoms with Crippen LogP contribution in [0.5, 0.6) is 0 Å². The van der Waals surface area contributed by atoms with Crippen molar-refractivity contribution in [2.75, 3.05) is 12.8 Å². The fourth-order valence-corrected chi connectivity index (χ4v) is 6.26. The Morgan fingerprint density at radius 1 is 1.14 bits per heavy atom. The average molecular weight is 536 g/mol. The number of sulfonamides is 1. The second-order valence-electron chi connectivity index (χ2n) is 10.2. The lowest BCUT2D eigenvalue weighted by Crippen LogP contribution is -2.58. The summed E-state index contributed by atoms with van der Waals surface area (Å²) in [5.74, 6) is 0.230. The standard InChI is InChI=1S/C27H32Cl2N2O3S/c1-4-14-27(2)16-23(20-6-5-7-22(29)15-20)25(19-10-12-21(28)13-11-19)31(26(27)32)24(18-8-9-18)17-30-35(3,33)34/h4-7,10-13,15,18,23-25,30H,1,8-9,14,16-17H2,2-3H3/t23-,24+,25-,27+/m1/s1. The number of rotatable bonds is 9. The number of carbonyl (C=O) groups excluding carboxylic acids is 1. The first-order valence-corrected chi connectivity index (χ1v) is 14.6. The summed E-state index contributed by atoms with van der Waals surface area (Å²) in [4.78, 5) is 16.2. The highest BCUT2D eigenvalue weighted by Gasteiger charge is 2.53. The van der Waals surface area contributed by atoms with Crippen LogP contribution < -0.4 is 4.72 Å². The molecule has 2 aromatic carbocycles. The van der Waals surface area contributed by atoms with E-state index in [1.807, 2.05) is 54.3 Å². The van der Waals surface area contributed by atoms with E-state index in [4.69, 9.17) is 23.2 Å². The lowest BCUT2D eigenvalue weighted by atomic mass is 9.67. The van der Waals surface area contributed by atoms with Crippen LogP contribution in [0.25, 0.3) is 0 Å². The summed E-state index contributed by atoms with van der Waals surface area (Å²) >= 11 is 12.6. The van der Waals surface area contributed by atoms with Crippen molar-refractivity contribution in [1.29, 1.82) is 0 Å². The molecule has 1 aliphatic carbocycles. The molecule has 1 N–H and O–H groups in total. The molecule has 0 radical (unpaired) electrons. The molecular weight excluding hydrogens is 503 g/mol. The van der Waals surface area contributed by atoms with Gasteiger partial charge >= 0.3 is 0 Å². The summed E-state index contributed by atoms with van der Waals surface area (Å²) in [6.07, 6.45) is 6.04. The number of benzene rings is 2. The Bertz CT molecular complexity index is 1200. The number of carbonyl (C=O) groups is 1. The maximum Gasteiger partial charge on any atom is 0.229 e. The number of likely N-dealkylation sites (tertiary alicyclic amines) is 1. The number of nitrogens with one attached hydrogen (secondary N) is 1. The van der Waals surface area contributed by atoms with Gasteiger partial charge in [-0.15, -0.1) is 6.58 Å². The number of halogens is 2. The monoisotopic (exact) mass is 534 g/mol. The van der Waals surface area contributed by atoms with Gasteiger partial charge in [-0.25, -0.2) is 13.1 Å². The van der Waals surface area contributed by atoms with E-state index in [0.717, 1.165) is 30.2 Å². The highest BCUT2D eigenvalue weighted by Crippen LogP contribution is 2.54. The van der Waals surface area contributed by atoms with Crippen LogP contribution in [0.2, 0.25) is 10.0 Å². The highest BCUT2D eigenvalue weighted by atomic mass is 35.5. The normalized spacial score (nSPS) is 25.9. The Morgan fingerprint density at radius 3 is 2.40 bits per heavy atom. The third kappa shape index (κ3) is 5.93. The molecular formula is C27H32Cl2N2O3S. The predicted molar refractivity (Wildman–Crippen MR) is 142 cm³/mol. The minimum Gasteiger partial charge on any atom is -0.330 e. The number of hydrogen-bond donors (Lipinski definition) is 1. The summed E-state index contributed by atoms with van der Waals surface area (Å²) in [7, 11) is -3.42. The molecule has 4 rings (SSSR count). The smallest absolute Gasteiger partial charge is 0.229 e. The molecule has 1 heterocycles. The van der Waals surface area contributed by atoms with E-state index >= 15 is 0 Å². The molecule has 0 spiro atoms. The Hall–Kier alpha value is -1.86. The van der Waals surface area contributed by atoms with Gasteiger partial charge in [0.25, 0.3) is 0 Å². The van der Waals surface area contributed by atoms with Crippen molar-refractivity contribution in [1.82, 2.24) is 9.62 Å². The molecule has 0 unspecified atom stereocenters.